The van der Waals surface area contributed by atoms with E-state index in [1.165, 1.54) is 17.9 Å². The molecule has 120 valence electrons. The van der Waals surface area contributed by atoms with Gasteiger partial charge in [0.1, 0.15) is 11.7 Å². The Balaban J connectivity index is 3.16. The first-order valence-corrected chi connectivity index (χ1v) is 6.55. The molecule has 1 rings (SSSR count). The molecule has 0 aliphatic heterocycles. The van der Waals surface area contributed by atoms with Gasteiger partial charge < -0.3 is 19.1 Å². The lowest BCUT2D eigenvalue weighted by Gasteiger charge is -2.19. The van der Waals surface area contributed by atoms with E-state index in [0.717, 1.165) is 0 Å². The van der Waals surface area contributed by atoms with Crippen LogP contribution in [0, 0.1) is 11.3 Å². The van der Waals surface area contributed by atoms with Gasteiger partial charge in [0.05, 0.1) is 17.9 Å². The first kappa shape index (κ1) is 17.5. The molecule has 0 aromatic carbocycles. The Bertz CT molecular complexity index is 607. The third-order valence-corrected chi connectivity index (χ3v) is 2.56. The number of amides is 1. The molecule has 8 heteroatoms. The minimum atomic E-state index is -1.26. The molecule has 0 atom stereocenters. The Morgan fingerprint density at radius 1 is 1.45 bits per heavy atom. The van der Waals surface area contributed by atoms with Gasteiger partial charge in [-0.15, -0.1) is 0 Å². The van der Waals surface area contributed by atoms with Crippen LogP contribution < -0.4 is 5.32 Å². The van der Waals surface area contributed by atoms with Gasteiger partial charge in [-0.05, 0) is 20.8 Å². The number of nitrogens with zero attached hydrogens (tertiary/aromatic N) is 2. The monoisotopic (exact) mass is 309 g/mol. The van der Waals surface area contributed by atoms with E-state index in [1.54, 1.807) is 20.8 Å². The summed E-state index contributed by atoms with van der Waals surface area (Å²) in [6.07, 6.45) is 0.533. The molecule has 22 heavy (non-hydrogen) atoms. The number of anilines is 1. The topological polar surface area (TPSA) is 114 Å². The van der Waals surface area contributed by atoms with Crippen LogP contribution in [0.5, 0.6) is 0 Å². The molecule has 1 aromatic heterocycles. The van der Waals surface area contributed by atoms with Crippen molar-refractivity contribution in [2.24, 2.45) is 0 Å². The van der Waals surface area contributed by atoms with E-state index in [9.17, 15) is 14.7 Å². The van der Waals surface area contributed by atoms with Crippen molar-refractivity contribution in [3.63, 3.8) is 0 Å². The number of ether oxygens (including phenoxy) is 2. The first-order chi connectivity index (χ1) is 10.2. The van der Waals surface area contributed by atoms with E-state index < -0.39 is 17.7 Å². The van der Waals surface area contributed by atoms with Crippen molar-refractivity contribution in [1.82, 2.24) is 4.57 Å². The van der Waals surface area contributed by atoms with Crippen molar-refractivity contribution in [1.29, 1.82) is 5.26 Å². The fraction of sp³-hybridized carbons (Fsp3) is 0.500. The predicted octanol–water partition coefficient (Wildman–Crippen LogP) is 2.05. The first-order valence-electron chi connectivity index (χ1n) is 6.55. The zero-order chi connectivity index (χ0) is 16.9. The quantitative estimate of drug-likeness (QED) is 0.860. The van der Waals surface area contributed by atoms with Crippen molar-refractivity contribution >= 4 is 17.7 Å². The maximum absolute atomic E-state index is 11.8. The van der Waals surface area contributed by atoms with Crippen LogP contribution in [0.2, 0.25) is 0 Å². The van der Waals surface area contributed by atoms with Gasteiger partial charge >= 0.3 is 12.1 Å². The highest BCUT2D eigenvalue weighted by molar-refractivity contribution is 5.99. The molecule has 1 aromatic rings. The summed E-state index contributed by atoms with van der Waals surface area (Å²) in [5.41, 5.74) is -0.974. The number of rotatable bonds is 5. The summed E-state index contributed by atoms with van der Waals surface area (Å²) in [7, 11) is 1.48. The Kier molecular flexibility index (Phi) is 5.54. The Hall–Kier alpha value is -2.53. The van der Waals surface area contributed by atoms with E-state index >= 15 is 0 Å². The average molecular weight is 309 g/mol. The molecule has 0 fully saturated rings. The summed E-state index contributed by atoms with van der Waals surface area (Å²) in [4.78, 5) is 23.3. The van der Waals surface area contributed by atoms with Gasteiger partial charge in [0.25, 0.3) is 0 Å². The third kappa shape index (κ3) is 4.49. The minimum Gasteiger partial charge on any atom is -0.477 e. The van der Waals surface area contributed by atoms with Gasteiger partial charge in [-0.1, -0.05) is 0 Å². The second kappa shape index (κ2) is 6.95. The van der Waals surface area contributed by atoms with Crippen LogP contribution in [0.4, 0.5) is 10.5 Å². The highest BCUT2D eigenvalue weighted by Gasteiger charge is 2.25. The summed E-state index contributed by atoms with van der Waals surface area (Å²) in [5, 5.41) is 20.8. The van der Waals surface area contributed by atoms with Crippen LogP contribution in [0.25, 0.3) is 0 Å². The molecule has 2 N–H and O–H groups in total. The van der Waals surface area contributed by atoms with Gasteiger partial charge in [-0.2, -0.15) is 5.26 Å². The highest BCUT2D eigenvalue weighted by Crippen LogP contribution is 2.24. The molecule has 0 radical (unpaired) electrons. The minimum absolute atomic E-state index is 0.0411. The van der Waals surface area contributed by atoms with E-state index in [4.69, 9.17) is 14.7 Å². The van der Waals surface area contributed by atoms with Crippen molar-refractivity contribution in [2.45, 2.75) is 32.9 Å². The number of aromatic carboxylic acids is 1. The SMILES string of the molecule is COCCn1cc(C#N)c(NC(=O)OC(C)(C)C)c1C(=O)O. The van der Waals surface area contributed by atoms with Crippen LogP contribution >= 0.6 is 0 Å². The number of nitriles is 1. The van der Waals surface area contributed by atoms with Gasteiger partial charge in [0.15, 0.2) is 5.69 Å². The fourth-order valence-corrected chi connectivity index (χ4v) is 1.77. The number of hydrogen-bond donors (Lipinski definition) is 2. The van der Waals surface area contributed by atoms with Crippen molar-refractivity contribution in [3.8, 4) is 6.07 Å². The smallest absolute Gasteiger partial charge is 0.412 e. The summed E-state index contributed by atoms with van der Waals surface area (Å²) < 4.78 is 11.3. The van der Waals surface area contributed by atoms with Crippen LogP contribution in [0.1, 0.15) is 36.8 Å². The van der Waals surface area contributed by atoms with Gasteiger partial charge in [0.2, 0.25) is 0 Å². The van der Waals surface area contributed by atoms with E-state index in [2.05, 4.69) is 5.32 Å². The molecule has 0 bridgehead atoms. The number of carbonyl (C=O) groups is 2. The number of carboxylic acids is 1. The van der Waals surface area contributed by atoms with Crippen LogP contribution in [0.3, 0.4) is 0 Å². The lowest BCUT2D eigenvalue weighted by Crippen LogP contribution is -2.28. The molecule has 8 nitrogen and oxygen atoms in total. The van der Waals surface area contributed by atoms with Crippen LogP contribution in [0.15, 0.2) is 6.20 Å². The Morgan fingerprint density at radius 3 is 2.55 bits per heavy atom. The van der Waals surface area contributed by atoms with Crippen molar-refractivity contribution in [3.05, 3.63) is 17.5 Å². The molecule has 0 saturated carbocycles. The number of nitrogens with one attached hydrogen (secondary N) is 1. The number of hydrogen-bond acceptors (Lipinski definition) is 5. The predicted molar refractivity (Wildman–Crippen MR) is 77.8 cm³/mol. The molecular weight excluding hydrogens is 290 g/mol. The van der Waals surface area contributed by atoms with E-state index in [0.29, 0.717) is 0 Å². The number of carbonyl (C=O) groups excluding carboxylic acids is 1. The number of aromatic nitrogens is 1. The van der Waals surface area contributed by atoms with Gasteiger partial charge in [-0.25, -0.2) is 9.59 Å². The second-order valence-corrected chi connectivity index (χ2v) is 5.50. The van der Waals surface area contributed by atoms with Crippen molar-refractivity contribution < 1.29 is 24.2 Å². The molecule has 1 amide bonds. The lowest BCUT2D eigenvalue weighted by molar-refractivity contribution is 0.0636. The normalized spacial score (nSPS) is 10.9. The van der Waals surface area contributed by atoms with Gasteiger partial charge in [-0.3, -0.25) is 5.32 Å². The third-order valence-electron chi connectivity index (χ3n) is 2.56. The zero-order valence-corrected chi connectivity index (χ0v) is 13.0. The molecule has 0 spiro atoms. The Labute approximate surface area is 128 Å². The number of carboxylic acid groups (broad SMARTS) is 1. The van der Waals surface area contributed by atoms with Crippen LogP contribution in [-0.4, -0.2) is 41.1 Å². The average Bonchev–Trinajstić information content (AvgIpc) is 2.71. The molecule has 0 aliphatic rings. The number of methoxy groups -OCH3 is 1. The maximum Gasteiger partial charge on any atom is 0.412 e. The molecule has 0 unspecified atom stereocenters. The lowest BCUT2D eigenvalue weighted by atomic mass is 10.2. The molecule has 0 aliphatic carbocycles. The maximum atomic E-state index is 11.8. The van der Waals surface area contributed by atoms with E-state index in [1.807, 2.05) is 6.07 Å². The van der Waals surface area contributed by atoms with Crippen molar-refractivity contribution in [2.75, 3.05) is 19.0 Å². The zero-order valence-electron chi connectivity index (χ0n) is 13.0. The summed E-state index contributed by atoms with van der Waals surface area (Å²) in [5.74, 6) is -1.26. The molecule has 1 heterocycles. The van der Waals surface area contributed by atoms with Gasteiger partial charge in [0, 0.05) is 19.9 Å². The Morgan fingerprint density at radius 2 is 2.09 bits per heavy atom. The standard InChI is InChI=1S/C14H19N3O5/c1-14(2,3)22-13(20)16-10-9(7-15)8-17(5-6-21-4)11(10)12(18)19/h8H,5-6H2,1-4H3,(H,16,20)(H,18,19). The summed E-state index contributed by atoms with van der Waals surface area (Å²) >= 11 is 0. The second-order valence-electron chi connectivity index (χ2n) is 5.50. The highest BCUT2D eigenvalue weighted by atomic mass is 16.6. The van der Waals surface area contributed by atoms with E-state index in [-0.39, 0.29) is 30.1 Å². The largest absolute Gasteiger partial charge is 0.477 e. The molecule has 0 saturated heterocycles. The van der Waals surface area contributed by atoms with Crippen LogP contribution in [-0.2, 0) is 16.0 Å². The summed E-state index contributed by atoms with van der Waals surface area (Å²) in [6, 6.07) is 1.86. The fourth-order valence-electron chi connectivity index (χ4n) is 1.77. The summed E-state index contributed by atoms with van der Waals surface area (Å²) in [6.45, 7) is 5.55. The molecular formula is C14H19N3O5.